The second-order valence-corrected chi connectivity index (χ2v) is 7.19. The summed E-state index contributed by atoms with van der Waals surface area (Å²) in [5, 5.41) is 0. The first-order chi connectivity index (χ1) is 7.40. The number of fused-ring (bicyclic) bond motifs is 1. The van der Waals surface area contributed by atoms with Crippen LogP contribution in [0.1, 0.15) is 67.2 Å². The molecule has 0 amide bonds. The second kappa shape index (κ2) is 3.75. The molecule has 0 saturated heterocycles. The van der Waals surface area contributed by atoms with Crippen LogP contribution >= 0.6 is 0 Å². The van der Waals surface area contributed by atoms with E-state index in [-0.39, 0.29) is 0 Å². The standard InChI is InChI=1S/C16H30/c1-7-11(3)13-10-15(5,8-2)16(6)12(4)9-14(13)16/h11-14H,7-10H2,1-6H3. The Morgan fingerprint density at radius 1 is 1.25 bits per heavy atom. The minimum atomic E-state index is 0.615. The summed E-state index contributed by atoms with van der Waals surface area (Å²) in [6, 6.07) is 0. The zero-order valence-electron chi connectivity index (χ0n) is 12.1. The highest BCUT2D eigenvalue weighted by Gasteiger charge is 2.66. The van der Waals surface area contributed by atoms with Crippen molar-refractivity contribution in [3.63, 3.8) is 0 Å². The molecule has 6 atom stereocenters. The van der Waals surface area contributed by atoms with Crippen LogP contribution in [0.2, 0.25) is 0 Å². The Morgan fingerprint density at radius 3 is 2.25 bits per heavy atom. The summed E-state index contributed by atoms with van der Waals surface area (Å²) in [5.41, 5.74) is 1.26. The average molecular weight is 222 g/mol. The lowest BCUT2D eigenvalue weighted by molar-refractivity contribution is -0.0951. The van der Waals surface area contributed by atoms with Crippen LogP contribution in [0.5, 0.6) is 0 Å². The van der Waals surface area contributed by atoms with Crippen LogP contribution in [-0.4, -0.2) is 0 Å². The van der Waals surface area contributed by atoms with Crippen LogP contribution in [0.3, 0.4) is 0 Å². The maximum atomic E-state index is 2.59. The maximum absolute atomic E-state index is 2.59. The van der Waals surface area contributed by atoms with E-state index in [1.165, 1.54) is 25.7 Å². The van der Waals surface area contributed by atoms with Crippen LogP contribution in [0, 0.1) is 34.5 Å². The van der Waals surface area contributed by atoms with Gasteiger partial charge in [-0.25, -0.2) is 0 Å². The molecule has 0 aliphatic heterocycles. The molecule has 2 aliphatic carbocycles. The third-order valence-electron chi connectivity index (χ3n) is 7.06. The Hall–Kier alpha value is 0. The van der Waals surface area contributed by atoms with Gasteiger partial charge in [0, 0.05) is 0 Å². The summed E-state index contributed by atoms with van der Waals surface area (Å²) < 4.78 is 0. The van der Waals surface area contributed by atoms with E-state index in [9.17, 15) is 0 Å². The Kier molecular flexibility index (Phi) is 2.92. The molecule has 0 heterocycles. The fraction of sp³-hybridized carbons (Fsp3) is 1.00. The summed E-state index contributed by atoms with van der Waals surface area (Å²) in [4.78, 5) is 0. The molecule has 0 aromatic rings. The van der Waals surface area contributed by atoms with Gasteiger partial charge in [0.1, 0.15) is 0 Å². The summed E-state index contributed by atoms with van der Waals surface area (Å²) >= 11 is 0. The summed E-state index contributed by atoms with van der Waals surface area (Å²) in [5.74, 6) is 3.93. The van der Waals surface area contributed by atoms with Crippen molar-refractivity contribution in [2.24, 2.45) is 34.5 Å². The first-order valence-corrected chi connectivity index (χ1v) is 7.40. The van der Waals surface area contributed by atoms with Gasteiger partial charge in [0.2, 0.25) is 0 Å². The summed E-state index contributed by atoms with van der Waals surface area (Å²) in [6.45, 7) is 14.9. The van der Waals surface area contributed by atoms with Crippen molar-refractivity contribution in [1.82, 2.24) is 0 Å². The third kappa shape index (κ3) is 1.28. The topological polar surface area (TPSA) is 0 Å². The van der Waals surface area contributed by atoms with E-state index in [1.54, 1.807) is 0 Å². The van der Waals surface area contributed by atoms with E-state index in [0.717, 1.165) is 23.7 Å². The molecule has 2 saturated carbocycles. The predicted molar refractivity (Wildman–Crippen MR) is 71.3 cm³/mol. The molecule has 0 heteroatoms. The molecule has 16 heavy (non-hydrogen) atoms. The Morgan fingerprint density at radius 2 is 1.88 bits per heavy atom. The van der Waals surface area contributed by atoms with Crippen LogP contribution in [-0.2, 0) is 0 Å². The summed E-state index contributed by atoms with van der Waals surface area (Å²) in [7, 11) is 0. The third-order valence-corrected chi connectivity index (χ3v) is 7.06. The molecular formula is C16H30. The smallest absolute Gasteiger partial charge is 0.0215 e. The van der Waals surface area contributed by atoms with E-state index in [0.29, 0.717) is 10.8 Å². The van der Waals surface area contributed by atoms with Gasteiger partial charge in [-0.05, 0) is 47.3 Å². The first-order valence-electron chi connectivity index (χ1n) is 7.40. The van der Waals surface area contributed by atoms with Crippen molar-refractivity contribution in [2.45, 2.75) is 67.2 Å². The van der Waals surface area contributed by atoms with Gasteiger partial charge in [0.25, 0.3) is 0 Å². The molecule has 94 valence electrons. The zero-order valence-corrected chi connectivity index (χ0v) is 12.1. The molecule has 0 bridgehead atoms. The van der Waals surface area contributed by atoms with E-state index < -0.39 is 0 Å². The molecule has 0 radical (unpaired) electrons. The van der Waals surface area contributed by atoms with E-state index in [2.05, 4.69) is 41.5 Å². The Balaban J connectivity index is 2.27. The van der Waals surface area contributed by atoms with Crippen LogP contribution in [0.15, 0.2) is 0 Å². The lowest BCUT2D eigenvalue weighted by Gasteiger charge is -2.58. The molecular weight excluding hydrogens is 192 g/mol. The van der Waals surface area contributed by atoms with Crippen molar-refractivity contribution in [2.75, 3.05) is 0 Å². The maximum Gasteiger partial charge on any atom is -0.0215 e. The largest absolute Gasteiger partial charge is 0.0651 e. The second-order valence-electron chi connectivity index (χ2n) is 7.19. The summed E-state index contributed by atoms with van der Waals surface area (Å²) in [6.07, 6.45) is 5.73. The van der Waals surface area contributed by atoms with Gasteiger partial charge in [-0.15, -0.1) is 0 Å². The van der Waals surface area contributed by atoms with E-state index in [4.69, 9.17) is 0 Å². The highest BCUT2D eigenvalue weighted by Crippen LogP contribution is 2.73. The SMILES string of the molecule is CCC(C)C1CC(C)(CC)C2(C)C(C)CC12. The van der Waals surface area contributed by atoms with Crippen LogP contribution in [0.4, 0.5) is 0 Å². The minimum absolute atomic E-state index is 0.615. The van der Waals surface area contributed by atoms with Gasteiger partial charge < -0.3 is 0 Å². The quantitative estimate of drug-likeness (QED) is 0.621. The number of hydrogen-bond donors (Lipinski definition) is 0. The fourth-order valence-electron chi connectivity index (χ4n) is 5.05. The monoisotopic (exact) mass is 222 g/mol. The van der Waals surface area contributed by atoms with Gasteiger partial charge >= 0.3 is 0 Å². The van der Waals surface area contributed by atoms with Gasteiger partial charge in [0.15, 0.2) is 0 Å². The molecule has 2 aliphatic rings. The van der Waals surface area contributed by atoms with Gasteiger partial charge in [-0.2, -0.15) is 0 Å². The highest BCUT2D eigenvalue weighted by atomic mass is 14.7. The van der Waals surface area contributed by atoms with Crippen molar-refractivity contribution in [3.8, 4) is 0 Å². The number of rotatable bonds is 3. The van der Waals surface area contributed by atoms with Crippen LogP contribution < -0.4 is 0 Å². The van der Waals surface area contributed by atoms with Crippen molar-refractivity contribution >= 4 is 0 Å². The average Bonchev–Trinajstić information content (AvgIpc) is 2.47. The fourth-order valence-corrected chi connectivity index (χ4v) is 5.05. The Bertz CT molecular complexity index is 269. The molecule has 0 aromatic heterocycles. The molecule has 0 spiro atoms. The Labute approximate surface area is 102 Å². The molecule has 0 N–H and O–H groups in total. The van der Waals surface area contributed by atoms with E-state index in [1.807, 2.05) is 0 Å². The highest BCUT2D eigenvalue weighted by molar-refractivity contribution is 5.14. The lowest BCUT2D eigenvalue weighted by Crippen LogP contribution is -2.51. The minimum Gasteiger partial charge on any atom is -0.0651 e. The molecule has 0 nitrogen and oxygen atoms in total. The van der Waals surface area contributed by atoms with E-state index >= 15 is 0 Å². The lowest BCUT2D eigenvalue weighted by atomic mass is 9.47. The molecule has 2 fully saturated rings. The van der Waals surface area contributed by atoms with Crippen molar-refractivity contribution in [3.05, 3.63) is 0 Å². The number of hydrogen-bond acceptors (Lipinski definition) is 0. The predicted octanol–water partition coefficient (Wildman–Crippen LogP) is 5.13. The normalized spacial score (nSPS) is 53.2. The zero-order chi connectivity index (χ0) is 12.1. The van der Waals surface area contributed by atoms with Crippen LogP contribution in [0.25, 0.3) is 0 Å². The van der Waals surface area contributed by atoms with Gasteiger partial charge in [0.05, 0.1) is 0 Å². The van der Waals surface area contributed by atoms with Gasteiger partial charge in [-0.1, -0.05) is 54.4 Å². The van der Waals surface area contributed by atoms with Gasteiger partial charge in [-0.3, -0.25) is 0 Å². The van der Waals surface area contributed by atoms with Crippen molar-refractivity contribution < 1.29 is 0 Å². The first kappa shape index (κ1) is 12.5. The van der Waals surface area contributed by atoms with Crippen molar-refractivity contribution in [1.29, 1.82) is 0 Å². The molecule has 2 rings (SSSR count). The molecule has 0 aromatic carbocycles. The molecule has 6 unspecified atom stereocenters.